The summed E-state index contributed by atoms with van der Waals surface area (Å²) < 4.78 is 10.1. The maximum Gasteiger partial charge on any atom is 0.338 e. The van der Waals surface area contributed by atoms with Crippen molar-refractivity contribution in [1.82, 2.24) is 5.32 Å². The van der Waals surface area contributed by atoms with E-state index < -0.39 is 18.5 Å². The zero-order chi connectivity index (χ0) is 15.7. The van der Waals surface area contributed by atoms with Gasteiger partial charge in [0.25, 0.3) is 5.91 Å². The minimum Gasteiger partial charge on any atom is -0.492 e. The Balaban J connectivity index is 2.50. The Morgan fingerprint density at radius 1 is 1.43 bits per heavy atom. The van der Waals surface area contributed by atoms with E-state index in [1.54, 1.807) is 6.07 Å². The highest BCUT2D eigenvalue weighted by Gasteiger charge is 2.12. The number of nitrogens with zero attached hydrogens (tertiary/aromatic N) is 1. The molecule has 0 radical (unpaired) electrons. The topological polar surface area (TPSA) is 114 Å². The lowest BCUT2D eigenvalue weighted by Crippen LogP contribution is -2.29. The Kier molecular flexibility index (Phi) is 6.54. The summed E-state index contributed by atoms with van der Waals surface area (Å²) in [5.74, 6) is -0.624. The highest BCUT2D eigenvalue weighted by molar-refractivity contribution is 5.92. The van der Waals surface area contributed by atoms with Crippen molar-refractivity contribution >= 4 is 17.6 Å². The fourth-order valence-corrected chi connectivity index (χ4v) is 1.49. The minimum atomic E-state index is -0.653. The summed E-state index contributed by atoms with van der Waals surface area (Å²) in [6.07, 6.45) is 0.203. The molecule has 0 fully saturated rings. The number of nitrogens with two attached hydrogens (primary N) is 1. The number of carbonyl (C=O) groups excluding carboxylic acids is 2. The lowest BCUT2D eigenvalue weighted by Gasteiger charge is -2.09. The van der Waals surface area contributed by atoms with Gasteiger partial charge in [-0.2, -0.15) is 5.26 Å². The van der Waals surface area contributed by atoms with Crippen LogP contribution >= 0.6 is 0 Å². The average Bonchev–Trinajstić information content (AvgIpc) is 2.47. The Morgan fingerprint density at radius 3 is 2.81 bits per heavy atom. The van der Waals surface area contributed by atoms with Gasteiger partial charge in [-0.3, -0.25) is 4.79 Å². The molecule has 0 spiro atoms. The fourth-order valence-electron chi connectivity index (χ4n) is 1.49. The van der Waals surface area contributed by atoms with Crippen LogP contribution in [0, 0.1) is 11.3 Å². The molecule has 7 nitrogen and oxygen atoms in total. The van der Waals surface area contributed by atoms with Crippen LogP contribution in [-0.4, -0.2) is 31.6 Å². The molecule has 7 heteroatoms. The van der Waals surface area contributed by atoms with Crippen LogP contribution in [0.15, 0.2) is 18.2 Å². The van der Waals surface area contributed by atoms with Crippen molar-refractivity contribution in [3.05, 3.63) is 23.8 Å². The van der Waals surface area contributed by atoms with Crippen molar-refractivity contribution in [2.24, 2.45) is 0 Å². The van der Waals surface area contributed by atoms with Crippen LogP contribution in [0.2, 0.25) is 0 Å². The van der Waals surface area contributed by atoms with E-state index in [2.05, 4.69) is 5.32 Å². The van der Waals surface area contributed by atoms with E-state index >= 15 is 0 Å². The number of anilines is 1. The summed E-state index contributed by atoms with van der Waals surface area (Å²) in [4.78, 5) is 23.1. The van der Waals surface area contributed by atoms with Crippen LogP contribution in [0.3, 0.4) is 0 Å². The second kappa shape index (κ2) is 8.43. The molecule has 0 atom stereocenters. The van der Waals surface area contributed by atoms with Gasteiger partial charge in [0, 0.05) is 6.54 Å². The van der Waals surface area contributed by atoms with Crippen molar-refractivity contribution in [3.63, 3.8) is 0 Å². The van der Waals surface area contributed by atoms with Crippen LogP contribution in [0.1, 0.15) is 23.7 Å². The molecule has 0 heterocycles. The molecule has 0 unspecified atom stereocenters. The van der Waals surface area contributed by atoms with Crippen LogP contribution in [0.5, 0.6) is 5.75 Å². The third-order valence-corrected chi connectivity index (χ3v) is 2.44. The molecular formula is C14H17N3O4. The summed E-state index contributed by atoms with van der Waals surface area (Å²) in [6, 6.07) is 6.40. The highest BCUT2D eigenvalue weighted by Crippen LogP contribution is 2.22. The third-order valence-electron chi connectivity index (χ3n) is 2.44. The quantitative estimate of drug-likeness (QED) is 0.437. The molecule has 0 saturated carbocycles. The van der Waals surface area contributed by atoms with E-state index in [1.165, 1.54) is 12.1 Å². The van der Waals surface area contributed by atoms with Crippen molar-refractivity contribution in [1.29, 1.82) is 5.26 Å². The van der Waals surface area contributed by atoms with E-state index in [-0.39, 0.29) is 18.5 Å². The van der Waals surface area contributed by atoms with E-state index in [9.17, 15) is 9.59 Å². The van der Waals surface area contributed by atoms with Gasteiger partial charge in [0.2, 0.25) is 0 Å². The Hall–Kier alpha value is -2.75. The van der Waals surface area contributed by atoms with Gasteiger partial charge in [0.15, 0.2) is 6.61 Å². The van der Waals surface area contributed by atoms with Gasteiger partial charge < -0.3 is 20.5 Å². The molecule has 1 aromatic carbocycles. The summed E-state index contributed by atoms with van der Waals surface area (Å²) in [7, 11) is 0. The second-order valence-electron chi connectivity index (χ2n) is 4.02. The number of nitriles is 1. The van der Waals surface area contributed by atoms with Gasteiger partial charge in [-0.05, 0) is 25.1 Å². The summed E-state index contributed by atoms with van der Waals surface area (Å²) in [6.45, 7) is 2.11. The standard InChI is InChI=1S/C14H17N3O4/c1-2-20-12-5-4-10(8-11(12)16)14(19)21-9-13(18)17-7-3-6-15/h4-5,8H,2-3,7,9,16H2,1H3,(H,17,18). The summed E-state index contributed by atoms with van der Waals surface area (Å²) >= 11 is 0. The SMILES string of the molecule is CCOc1ccc(C(=O)OCC(=O)NCCC#N)cc1N. The molecule has 0 saturated heterocycles. The van der Waals surface area contributed by atoms with Crippen LogP contribution in [-0.2, 0) is 9.53 Å². The van der Waals surface area contributed by atoms with Crippen molar-refractivity contribution in [2.45, 2.75) is 13.3 Å². The average molecular weight is 291 g/mol. The highest BCUT2D eigenvalue weighted by atomic mass is 16.5. The molecule has 21 heavy (non-hydrogen) atoms. The normalized spacial score (nSPS) is 9.52. The second-order valence-corrected chi connectivity index (χ2v) is 4.02. The monoisotopic (exact) mass is 291 g/mol. The van der Waals surface area contributed by atoms with Gasteiger partial charge in [0.1, 0.15) is 5.75 Å². The van der Waals surface area contributed by atoms with E-state index in [0.29, 0.717) is 18.0 Å². The lowest BCUT2D eigenvalue weighted by molar-refractivity contribution is -0.124. The Morgan fingerprint density at radius 2 is 2.19 bits per heavy atom. The first-order valence-electron chi connectivity index (χ1n) is 6.41. The molecule has 0 aliphatic heterocycles. The fraction of sp³-hybridized carbons (Fsp3) is 0.357. The summed E-state index contributed by atoms with van der Waals surface area (Å²) in [5, 5.41) is 10.8. The van der Waals surface area contributed by atoms with Gasteiger partial charge >= 0.3 is 5.97 Å². The largest absolute Gasteiger partial charge is 0.492 e. The first-order chi connectivity index (χ1) is 10.1. The van der Waals surface area contributed by atoms with Crippen LogP contribution < -0.4 is 15.8 Å². The van der Waals surface area contributed by atoms with Gasteiger partial charge in [0.05, 0.1) is 30.3 Å². The maximum atomic E-state index is 11.7. The number of rotatable bonds is 7. The zero-order valence-electron chi connectivity index (χ0n) is 11.7. The van der Waals surface area contributed by atoms with Crippen LogP contribution in [0.4, 0.5) is 5.69 Å². The Labute approximate surface area is 122 Å². The van der Waals surface area contributed by atoms with E-state index in [0.717, 1.165) is 0 Å². The molecule has 0 aromatic heterocycles. The van der Waals surface area contributed by atoms with E-state index in [4.69, 9.17) is 20.5 Å². The first kappa shape index (κ1) is 16.3. The number of esters is 1. The molecule has 1 rings (SSSR count). The minimum absolute atomic E-state index is 0.203. The van der Waals surface area contributed by atoms with Crippen LogP contribution in [0.25, 0.3) is 0 Å². The van der Waals surface area contributed by atoms with Gasteiger partial charge in [-0.1, -0.05) is 0 Å². The molecule has 3 N–H and O–H groups in total. The van der Waals surface area contributed by atoms with Crippen molar-refractivity contribution in [3.8, 4) is 11.8 Å². The van der Waals surface area contributed by atoms with Gasteiger partial charge in [-0.15, -0.1) is 0 Å². The lowest BCUT2D eigenvalue weighted by atomic mass is 10.2. The molecule has 0 bridgehead atoms. The number of benzene rings is 1. The van der Waals surface area contributed by atoms with Crippen molar-refractivity contribution in [2.75, 3.05) is 25.5 Å². The molecule has 0 aliphatic rings. The summed E-state index contributed by atoms with van der Waals surface area (Å²) in [5.41, 5.74) is 6.30. The number of hydrogen-bond acceptors (Lipinski definition) is 6. The Bertz CT molecular complexity index is 552. The molecular weight excluding hydrogens is 274 g/mol. The predicted octanol–water partition coefficient (Wildman–Crippen LogP) is 0.854. The molecule has 0 aliphatic carbocycles. The molecule has 112 valence electrons. The smallest absolute Gasteiger partial charge is 0.338 e. The van der Waals surface area contributed by atoms with Gasteiger partial charge in [-0.25, -0.2) is 4.79 Å². The number of hydrogen-bond donors (Lipinski definition) is 2. The zero-order valence-corrected chi connectivity index (χ0v) is 11.7. The molecule has 1 amide bonds. The molecule has 1 aromatic rings. The number of carbonyl (C=O) groups is 2. The number of nitrogen functional groups attached to an aromatic ring is 1. The predicted molar refractivity (Wildman–Crippen MR) is 75.5 cm³/mol. The maximum absolute atomic E-state index is 11.7. The van der Waals surface area contributed by atoms with Crippen molar-refractivity contribution < 1.29 is 19.1 Å². The third kappa shape index (κ3) is 5.40. The van der Waals surface area contributed by atoms with E-state index in [1.807, 2.05) is 13.0 Å². The number of nitrogens with one attached hydrogen (secondary N) is 1. The first-order valence-corrected chi connectivity index (χ1v) is 6.41. The number of ether oxygens (including phenoxy) is 2. The number of amides is 1.